The molecule has 0 saturated heterocycles. The molecule has 0 aromatic heterocycles. The van der Waals surface area contributed by atoms with Gasteiger partial charge in [0.15, 0.2) is 11.6 Å². The summed E-state index contributed by atoms with van der Waals surface area (Å²) >= 11 is 0. The van der Waals surface area contributed by atoms with Crippen LogP contribution in [-0.4, -0.2) is 19.1 Å². The summed E-state index contributed by atoms with van der Waals surface area (Å²) in [6.07, 6.45) is -0.0237. The predicted molar refractivity (Wildman–Crippen MR) is 56.1 cm³/mol. The third-order valence-corrected chi connectivity index (χ3v) is 1.94. The van der Waals surface area contributed by atoms with Crippen LogP contribution in [0.15, 0.2) is 12.1 Å². The first kappa shape index (κ1) is 13.3. The van der Waals surface area contributed by atoms with Crippen molar-refractivity contribution in [2.75, 3.05) is 18.5 Å². The Morgan fingerprint density at radius 2 is 1.88 bits per heavy atom. The standard InChI is InChI=1S/C11H12F3NO2/c1-2-17-10(16)3-4-15-11-8(13)5-7(12)6-9(11)14/h5-6,15H,2-4H2,1H3. The van der Waals surface area contributed by atoms with E-state index in [9.17, 15) is 18.0 Å². The second-order valence-electron chi connectivity index (χ2n) is 3.23. The molecule has 0 amide bonds. The highest BCUT2D eigenvalue weighted by Gasteiger charge is 2.11. The van der Waals surface area contributed by atoms with Crippen LogP contribution in [0.3, 0.4) is 0 Å². The lowest BCUT2D eigenvalue weighted by molar-refractivity contribution is -0.142. The maximum Gasteiger partial charge on any atom is 0.307 e. The zero-order valence-electron chi connectivity index (χ0n) is 9.23. The van der Waals surface area contributed by atoms with Gasteiger partial charge >= 0.3 is 5.97 Å². The third-order valence-electron chi connectivity index (χ3n) is 1.94. The van der Waals surface area contributed by atoms with Crippen LogP contribution >= 0.6 is 0 Å². The van der Waals surface area contributed by atoms with Crippen molar-refractivity contribution in [1.29, 1.82) is 0 Å². The molecule has 94 valence electrons. The first-order valence-corrected chi connectivity index (χ1v) is 5.08. The van der Waals surface area contributed by atoms with Crippen molar-refractivity contribution in [2.45, 2.75) is 13.3 Å². The van der Waals surface area contributed by atoms with Gasteiger partial charge in [0.05, 0.1) is 13.0 Å². The summed E-state index contributed by atoms with van der Waals surface area (Å²) in [5.41, 5.74) is -0.448. The van der Waals surface area contributed by atoms with E-state index in [1.807, 2.05) is 0 Å². The van der Waals surface area contributed by atoms with Crippen LogP contribution in [0.5, 0.6) is 0 Å². The van der Waals surface area contributed by atoms with Crippen molar-refractivity contribution in [2.24, 2.45) is 0 Å². The van der Waals surface area contributed by atoms with E-state index in [2.05, 4.69) is 10.1 Å². The van der Waals surface area contributed by atoms with Gasteiger partial charge < -0.3 is 10.1 Å². The molecule has 0 unspecified atom stereocenters. The third kappa shape index (κ3) is 3.97. The number of carbonyl (C=O) groups is 1. The van der Waals surface area contributed by atoms with Crippen molar-refractivity contribution >= 4 is 11.7 Å². The van der Waals surface area contributed by atoms with Crippen molar-refractivity contribution in [3.8, 4) is 0 Å². The van der Waals surface area contributed by atoms with Crippen molar-refractivity contribution in [3.05, 3.63) is 29.6 Å². The number of rotatable bonds is 5. The lowest BCUT2D eigenvalue weighted by Gasteiger charge is -2.08. The number of hydrogen-bond acceptors (Lipinski definition) is 3. The van der Waals surface area contributed by atoms with E-state index in [1.165, 1.54) is 0 Å². The van der Waals surface area contributed by atoms with E-state index >= 15 is 0 Å². The Morgan fingerprint density at radius 1 is 1.29 bits per heavy atom. The molecule has 0 aliphatic rings. The summed E-state index contributed by atoms with van der Waals surface area (Å²) in [7, 11) is 0. The van der Waals surface area contributed by atoms with Crippen LogP contribution in [0, 0.1) is 17.5 Å². The molecule has 0 aliphatic carbocycles. The van der Waals surface area contributed by atoms with Crippen molar-refractivity contribution in [1.82, 2.24) is 0 Å². The number of esters is 1. The molecule has 6 heteroatoms. The lowest BCUT2D eigenvalue weighted by atomic mass is 10.2. The number of benzene rings is 1. The molecule has 0 radical (unpaired) electrons. The Morgan fingerprint density at radius 3 is 2.41 bits per heavy atom. The number of hydrogen-bond donors (Lipinski definition) is 1. The van der Waals surface area contributed by atoms with E-state index in [-0.39, 0.29) is 19.6 Å². The summed E-state index contributed by atoms with van der Waals surface area (Å²) < 4.78 is 43.5. The predicted octanol–water partition coefficient (Wildman–Crippen LogP) is 2.47. The largest absolute Gasteiger partial charge is 0.466 e. The highest BCUT2D eigenvalue weighted by atomic mass is 19.1. The summed E-state index contributed by atoms with van der Waals surface area (Å²) in [5.74, 6) is -3.53. The first-order valence-electron chi connectivity index (χ1n) is 5.08. The van der Waals surface area contributed by atoms with Gasteiger partial charge in [0.25, 0.3) is 0 Å². The Balaban J connectivity index is 2.55. The summed E-state index contributed by atoms with van der Waals surface area (Å²) in [4.78, 5) is 10.9. The minimum absolute atomic E-state index is 0.0122. The van der Waals surface area contributed by atoms with Gasteiger partial charge in [-0.2, -0.15) is 0 Å². The van der Waals surface area contributed by atoms with Gasteiger partial charge in [0.1, 0.15) is 11.5 Å². The molecule has 1 N–H and O–H groups in total. The molecule has 0 atom stereocenters. The molecule has 1 aromatic rings. The zero-order chi connectivity index (χ0) is 12.8. The maximum atomic E-state index is 13.1. The molecule has 0 aliphatic heterocycles. The molecular weight excluding hydrogens is 235 g/mol. The molecule has 0 saturated carbocycles. The van der Waals surface area contributed by atoms with Gasteiger partial charge in [-0.25, -0.2) is 13.2 Å². The van der Waals surface area contributed by atoms with E-state index in [1.54, 1.807) is 6.92 Å². The lowest BCUT2D eigenvalue weighted by Crippen LogP contribution is -2.13. The molecule has 1 rings (SSSR count). The Kier molecular flexibility index (Phi) is 4.81. The van der Waals surface area contributed by atoms with E-state index in [0.717, 1.165) is 0 Å². The average molecular weight is 247 g/mol. The van der Waals surface area contributed by atoms with Crippen LogP contribution in [-0.2, 0) is 9.53 Å². The fourth-order valence-corrected chi connectivity index (χ4v) is 1.23. The first-order chi connectivity index (χ1) is 8.04. The van der Waals surface area contributed by atoms with Crippen molar-refractivity contribution in [3.63, 3.8) is 0 Å². The average Bonchev–Trinajstić information content (AvgIpc) is 2.22. The molecule has 0 bridgehead atoms. The number of nitrogens with one attached hydrogen (secondary N) is 1. The smallest absolute Gasteiger partial charge is 0.307 e. The number of halogens is 3. The Hall–Kier alpha value is -1.72. The molecular formula is C11H12F3NO2. The molecule has 0 spiro atoms. The molecule has 1 aromatic carbocycles. The van der Waals surface area contributed by atoms with Gasteiger partial charge in [-0.1, -0.05) is 0 Å². The number of ether oxygens (including phenoxy) is 1. The molecule has 0 fully saturated rings. The second-order valence-corrected chi connectivity index (χ2v) is 3.23. The minimum atomic E-state index is -1.04. The van der Waals surface area contributed by atoms with Crippen LogP contribution in [0.2, 0.25) is 0 Å². The SMILES string of the molecule is CCOC(=O)CCNc1c(F)cc(F)cc1F. The summed E-state index contributed by atoms with van der Waals surface area (Å²) in [6.45, 7) is 1.92. The maximum absolute atomic E-state index is 13.1. The van der Waals surface area contributed by atoms with E-state index < -0.39 is 29.1 Å². The van der Waals surface area contributed by atoms with Gasteiger partial charge in [-0.3, -0.25) is 4.79 Å². The second kappa shape index (κ2) is 6.12. The van der Waals surface area contributed by atoms with Gasteiger partial charge in [-0.05, 0) is 6.92 Å². The minimum Gasteiger partial charge on any atom is -0.466 e. The summed E-state index contributed by atoms with van der Waals surface area (Å²) in [5, 5.41) is 2.38. The number of carbonyl (C=O) groups excluding carboxylic acids is 1. The summed E-state index contributed by atoms with van der Waals surface area (Å²) in [6, 6.07) is 1.13. The van der Waals surface area contributed by atoms with Gasteiger partial charge in [-0.15, -0.1) is 0 Å². The fraction of sp³-hybridized carbons (Fsp3) is 0.364. The topological polar surface area (TPSA) is 38.3 Å². The van der Waals surface area contributed by atoms with Crippen LogP contribution < -0.4 is 5.32 Å². The van der Waals surface area contributed by atoms with Crippen LogP contribution in [0.25, 0.3) is 0 Å². The zero-order valence-corrected chi connectivity index (χ0v) is 9.23. The Bertz CT molecular complexity index is 387. The molecule has 3 nitrogen and oxygen atoms in total. The monoisotopic (exact) mass is 247 g/mol. The molecule has 17 heavy (non-hydrogen) atoms. The van der Waals surface area contributed by atoms with Gasteiger partial charge in [0, 0.05) is 18.7 Å². The van der Waals surface area contributed by atoms with Crippen molar-refractivity contribution < 1.29 is 22.7 Å². The normalized spacial score (nSPS) is 10.1. The fourth-order valence-electron chi connectivity index (χ4n) is 1.23. The highest BCUT2D eigenvalue weighted by Crippen LogP contribution is 2.19. The van der Waals surface area contributed by atoms with E-state index in [0.29, 0.717) is 12.1 Å². The van der Waals surface area contributed by atoms with Crippen LogP contribution in [0.1, 0.15) is 13.3 Å². The van der Waals surface area contributed by atoms with Gasteiger partial charge in [0.2, 0.25) is 0 Å². The number of anilines is 1. The highest BCUT2D eigenvalue weighted by molar-refractivity contribution is 5.70. The molecule has 0 heterocycles. The Labute approximate surface area is 96.6 Å². The van der Waals surface area contributed by atoms with Crippen LogP contribution in [0.4, 0.5) is 18.9 Å². The quantitative estimate of drug-likeness (QED) is 0.812. The van der Waals surface area contributed by atoms with E-state index in [4.69, 9.17) is 0 Å².